The molecule has 3 aromatic rings. The number of carbonyl (C=O) groups is 2. The van der Waals surface area contributed by atoms with E-state index in [0.29, 0.717) is 35.8 Å². The number of nitrogens with one attached hydrogen (secondary N) is 1. The second-order valence-electron chi connectivity index (χ2n) is 6.75. The fourth-order valence-electron chi connectivity index (χ4n) is 3.19. The molecule has 0 aliphatic carbocycles. The van der Waals surface area contributed by atoms with Crippen molar-refractivity contribution in [3.63, 3.8) is 0 Å². The van der Waals surface area contributed by atoms with Gasteiger partial charge in [0, 0.05) is 30.3 Å². The Hall–Kier alpha value is -3.19. The third kappa shape index (κ3) is 4.30. The molecule has 1 aromatic carbocycles. The van der Waals surface area contributed by atoms with Crippen molar-refractivity contribution in [3.8, 4) is 0 Å². The Bertz CT molecular complexity index is 1070. The molecule has 6 nitrogen and oxygen atoms in total. The number of fused-ring (bicyclic) bond motifs is 2. The predicted octanol–water partition coefficient (Wildman–Crippen LogP) is 4.32. The number of nitrogens with zero attached hydrogens (tertiary/aromatic N) is 3. The molecule has 1 N–H and O–H groups in total. The number of benzene rings is 1. The average molecular weight is 404 g/mol. The lowest BCUT2D eigenvalue weighted by atomic mass is 10.2. The number of pyridine rings is 2. The van der Waals surface area contributed by atoms with Crippen LogP contribution in [-0.2, 0) is 4.79 Å². The van der Waals surface area contributed by atoms with Crippen LogP contribution in [0.4, 0.5) is 11.5 Å². The molecule has 3 heterocycles. The Balaban J connectivity index is 1.47. The zero-order valence-electron chi connectivity index (χ0n) is 16.0. The molecule has 0 bridgehead atoms. The largest absolute Gasteiger partial charge is 0.311 e. The number of carbonyl (C=O) groups excluding carboxylic acids is 2. The zero-order valence-corrected chi connectivity index (χ0v) is 16.8. The fraction of sp³-hybridized carbons (Fsp3) is 0.182. The molecule has 0 fully saturated rings. The molecule has 2 aromatic heterocycles. The van der Waals surface area contributed by atoms with Crippen LogP contribution in [0.15, 0.2) is 70.8 Å². The van der Waals surface area contributed by atoms with Gasteiger partial charge in [-0.2, -0.15) is 0 Å². The van der Waals surface area contributed by atoms with Gasteiger partial charge >= 0.3 is 0 Å². The lowest BCUT2D eigenvalue weighted by molar-refractivity contribution is -0.116. The van der Waals surface area contributed by atoms with Gasteiger partial charge in [-0.05, 0) is 55.3 Å². The number of rotatable bonds is 5. The summed E-state index contributed by atoms with van der Waals surface area (Å²) in [5, 5.41) is 3.52. The van der Waals surface area contributed by atoms with Gasteiger partial charge in [-0.15, -0.1) is 0 Å². The summed E-state index contributed by atoms with van der Waals surface area (Å²) in [6.07, 6.45) is 4.20. The van der Waals surface area contributed by atoms with Gasteiger partial charge < -0.3 is 10.2 Å². The molecule has 0 atom stereocenters. The number of para-hydroxylation sites is 1. The van der Waals surface area contributed by atoms with Crippen LogP contribution in [0.2, 0.25) is 0 Å². The number of aryl methyl sites for hydroxylation is 1. The van der Waals surface area contributed by atoms with Crippen LogP contribution < -0.4 is 10.2 Å². The molecule has 0 radical (unpaired) electrons. The van der Waals surface area contributed by atoms with E-state index in [1.807, 2.05) is 43.3 Å². The lowest BCUT2D eigenvalue weighted by Crippen LogP contribution is -2.32. The van der Waals surface area contributed by atoms with Gasteiger partial charge in [0.25, 0.3) is 5.91 Å². The van der Waals surface area contributed by atoms with Crippen molar-refractivity contribution in [1.82, 2.24) is 9.97 Å². The summed E-state index contributed by atoms with van der Waals surface area (Å²) in [5.74, 6) is 0.337. The number of hydrogen-bond donors (Lipinski definition) is 1. The van der Waals surface area contributed by atoms with Crippen LogP contribution in [0.1, 0.15) is 28.8 Å². The van der Waals surface area contributed by atoms with E-state index < -0.39 is 0 Å². The molecule has 0 spiro atoms. The molecule has 4 rings (SSSR count). The summed E-state index contributed by atoms with van der Waals surface area (Å²) >= 11 is 1.49. The third-order valence-electron chi connectivity index (χ3n) is 4.58. The summed E-state index contributed by atoms with van der Waals surface area (Å²) in [6, 6.07) is 15.1. The Kier molecular flexibility index (Phi) is 5.57. The molecular weight excluding hydrogens is 384 g/mol. The molecule has 0 saturated carbocycles. The van der Waals surface area contributed by atoms with Crippen molar-refractivity contribution in [2.24, 2.45) is 0 Å². The lowest BCUT2D eigenvalue weighted by Gasteiger charge is -2.22. The monoisotopic (exact) mass is 404 g/mol. The minimum atomic E-state index is -0.116. The first-order chi connectivity index (χ1) is 14.1. The maximum Gasteiger partial charge on any atom is 0.261 e. The summed E-state index contributed by atoms with van der Waals surface area (Å²) in [4.78, 5) is 36.7. The Morgan fingerprint density at radius 3 is 2.83 bits per heavy atom. The second-order valence-corrected chi connectivity index (χ2v) is 7.78. The fourth-order valence-corrected chi connectivity index (χ4v) is 4.21. The number of hydrogen-bond acceptors (Lipinski definition) is 5. The van der Waals surface area contributed by atoms with E-state index in [2.05, 4.69) is 15.3 Å². The zero-order chi connectivity index (χ0) is 20.2. The van der Waals surface area contributed by atoms with Crippen LogP contribution in [0.3, 0.4) is 0 Å². The van der Waals surface area contributed by atoms with Crippen molar-refractivity contribution < 1.29 is 9.59 Å². The smallest absolute Gasteiger partial charge is 0.261 e. The van der Waals surface area contributed by atoms with E-state index in [-0.39, 0.29) is 11.8 Å². The summed E-state index contributed by atoms with van der Waals surface area (Å²) in [7, 11) is 0. The first kappa shape index (κ1) is 19.1. The van der Waals surface area contributed by atoms with Crippen molar-refractivity contribution >= 4 is 35.1 Å². The van der Waals surface area contributed by atoms with Crippen molar-refractivity contribution in [1.29, 1.82) is 0 Å². The highest BCUT2D eigenvalue weighted by atomic mass is 32.2. The topological polar surface area (TPSA) is 75.2 Å². The van der Waals surface area contributed by atoms with Crippen LogP contribution in [-0.4, -0.2) is 28.3 Å². The van der Waals surface area contributed by atoms with Crippen LogP contribution in [0, 0.1) is 6.92 Å². The minimum Gasteiger partial charge on any atom is -0.311 e. The molecule has 7 heteroatoms. The Morgan fingerprint density at radius 2 is 1.97 bits per heavy atom. The molecule has 29 heavy (non-hydrogen) atoms. The van der Waals surface area contributed by atoms with Gasteiger partial charge in [0.1, 0.15) is 10.8 Å². The summed E-state index contributed by atoms with van der Waals surface area (Å²) in [5.41, 5.74) is 2.47. The highest BCUT2D eigenvalue weighted by Crippen LogP contribution is 2.40. The van der Waals surface area contributed by atoms with Gasteiger partial charge in [0.15, 0.2) is 0 Å². The highest BCUT2D eigenvalue weighted by molar-refractivity contribution is 7.99. The summed E-state index contributed by atoms with van der Waals surface area (Å²) < 4.78 is 0. The molecule has 2 amide bonds. The predicted molar refractivity (Wildman–Crippen MR) is 113 cm³/mol. The van der Waals surface area contributed by atoms with E-state index in [1.165, 1.54) is 11.8 Å². The SMILES string of the molecule is Cc1ccnc(NC(=O)CCCN2C(=O)c3cccnc3Sc3ccccc32)c1. The van der Waals surface area contributed by atoms with E-state index >= 15 is 0 Å². The van der Waals surface area contributed by atoms with Gasteiger partial charge in [0.2, 0.25) is 5.91 Å². The molecule has 0 unspecified atom stereocenters. The van der Waals surface area contributed by atoms with E-state index in [0.717, 1.165) is 16.1 Å². The second kappa shape index (κ2) is 8.45. The third-order valence-corrected chi connectivity index (χ3v) is 5.66. The first-order valence-electron chi connectivity index (χ1n) is 9.38. The maximum atomic E-state index is 13.2. The number of amides is 2. The van der Waals surface area contributed by atoms with Gasteiger partial charge in [0.05, 0.1) is 11.3 Å². The normalized spacial score (nSPS) is 12.7. The molecule has 146 valence electrons. The Morgan fingerprint density at radius 1 is 1.10 bits per heavy atom. The van der Waals surface area contributed by atoms with Gasteiger partial charge in [-0.1, -0.05) is 23.9 Å². The van der Waals surface area contributed by atoms with Crippen LogP contribution >= 0.6 is 11.8 Å². The number of anilines is 2. The van der Waals surface area contributed by atoms with Gasteiger partial charge in [-0.25, -0.2) is 9.97 Å². The van der Waals surface area contributed by atoms with Crippen molar-refractivity contribution in [2.45, 2.75) is 29.7 Å². The molecular formula is C22H20N4O2S. The first-order valence-corrected chi connectivity index (χ1v) is 10.2. The maximum absolute atomic E-state index is 13.2. The van der Waals surface area contributed by atoms with Gasteiger partial charge in [-0.3, -0.25) is 9.59 Å². The van der Waals surface area contributed by atoms with Crippen LogP contribution in [0.5, 0.6) is 0 Å². The quantitative estimate of drug-likeness (QED) is 0.686. The number of aromatic nitrogens is 2. The van der Waals surface area contributed by atoms with Crippen molar-refractivity contribution in [3.05, 3.63) is 72.1 Å². The van der Waals surface area contributed by atoms with E-state index in [9.17, 15) is 9.59 Å². The average Bonchev–Trinajstić information content (AvgIpc) is 2.83. The molecule has 1 aliphatic heterocycles. The standard InChI is InChI=1S/C22H20N4O2S/c1-15-10-12-23-19(14-15)25-20(27)9-5-13-26-17-7-2-3-8-18(17)29-21-16(22(26)28)6-4-11-24-21/h2-4,6-8,10-12,14H,5,9,13H2,1H3,(H,23,25,27). The summed E-state index contributed by atoms with van der Waals surface area (Å²) in [6.45, 7) is 2.39. The minimum absolute atomic E-state index is 0.0914. The van der Waals surface area contributed by atoms with Crippen LogP contribution in [0.25, 0.3) is 0 Å². The molecule has 1 aliphatic rings. The van der Waals surface area contributed by atoms with Crippen molar-refractivity contribution in [2.75, 3.05) is 16.8 Å². The van der Waals surface area contributed by atoms with E-state index in [1.54, 1.807) is 29.4 Å². The Labute approximate surface area is 173 Å². The molecule has 0 saturated heterocycles. The van der Waals surface area contributed by atoms with E-state index in [4.69, 9.17) is 0 Å². The highest BCUT2D eigenvalue weighted by Gasteiger charge is 2.27.